The van der Waals surface area contributed by atoms with E-state index in [1.807, 2.05) is 12.1 Å². The highest BCUT2D eigenvalue weighted by Crippen LogP contribution is 2.53. The summed E-state index contributed by atoms with van der Waals surface area (Å²) in [5.41, 5.74) is 23.9. The Morgan fingerprint density at radius 2 is 0.855 bits per heavy atom. The standard InChI is InChI=1S/C66H48N2O/c1-65(2)57-20-9-5-14-49(57)51-36-33-46(39-59(51)65)67(47-34-37-52-50-15-6-10-21-58(50)66(3,4)60(52)40-47)44-29-24-41(25-30-44)43-28-35-54-53-16-7-11-22-61(53)68(62(54)38-43)45-31-26-42(27-32-45)48-18-13-19-56-55-17-8-12-23-63(55)69-64(48)56/h5-40H,1-4H3. The third-order valence-corrected chi connectivity index (χ3v) is 15.6. The average Bonchev–Trinajstić information content (AvgIpc) is 4.07. The van der Waals surface area contributed by atoms with E-state index in [1.165, 1.54) is 77.4 Å². The molecule has 0 saturated heterocycles. The predicted molar refractivity (Wildman–Crippen MR) is 289 cm³/mol. The molecule has 2 aliphatic rings. The normalized spacial score (nSPS) is 14.0. The molecular formula is C66H48N2O. The summed E-state index contributed by atoms with van der Waals surface area (Å²) in [5, 5.41) is 4.75. The van der Waals surface area contributed by atoms with Crippen molar-refractivity contribution in [2.75, 3.05) is 4.90 Å². The largest absolute Gasteiger partial charge is 0.455 e. The second kappa shape index (κ2) is 14.6. The van der Waals surface area contributed by atoms with Crippen LogP contribution in [0.4, 0.5) is 17.1 Å². The quantitative estimate of drug-likeness (QED) is 0.166. The molecule has 0 bridgehead atoms. The molecule has 69 heavy (non-hydrogen) atoms. The maximum Gasteiger partial charge on any atom is 0.143 e. The van der Waals surface area contributed by atoms with E-state index in [-0.39, 0.29) is 10.8 Å². The first-order valence-corrected chi connectivity index (χ1v) is 24.2. The number of hydrogen-bond acceptors (Lipinski definition) is 2. The van der Waals surface area contributed by atoms with Crippen molar-refractivity contribution in [1.82, 2.24) is 4.57 Å². The molecule has 14 rings (SSSR count). The summed E-state index contributed by atoms with van der Waals surface area (Å²) in [7, 11) is 0. The van der Waals surface area contributed by atoms with Crippen LogP contribution in [0.3, 0.4) is 0 Å². The van der Waals surface area contributed by atoms with Crippen LogP contribution in [0.25, 0.3) is 93.9 Å². The third kappa shape index (κ3) is 5.80. The number of rotatable bonds is 6. The molecule has 2 heterocycles. The van der Waals surface area contributed by atoms with E-state index in [4.69, 9.17) is 4.42 Å². The Hall–Kier alpha value is -8.40. The zero-order valence-corrected chi connectivity index (χ0v) is 39.1. The molecule has 0 radical (unpaired) electrons. The van der Waals surface area contributed by atoms with Gasteiger partial charge in [0, 0.05) is 60.7 Å². The fourth-order valence-corrected chi connectivity index (χ4v) is 12.1. The van der Waals surface area contributed by atoms with Gasteiger partial charge in [-0.15, -0.1) is 0 Å². The number of para-hydroxylation sites is 3. The van der Waals surface area contributed by atoms with Crippen molar-refractivity contribution in [3.05, 3.63) is 241 Å². The molecule has 0 N–H and O–H groups in total. The van der Waals surface area contributed by atoms with E-state index in [0.717, 1.165) is 55.8 Å². The first-order valence-electron chi connectivity index (χ1n) is 24.2. The van der Waals surface area contributed by atoms with Crippen molar-refractivity contribution in [2.24, 2.45) is 0 Å². The predicted octanol–water partition coefficient (Wildman–Crippen LogP) is 18.1. The fraction of sp³-hybridized carbons (Fsp3) is 0.0909. The Morgan fingerprint density at radius 3 is 1.54 bits per heavy atom. The van der Waals surface area contributed by atoms with E-state index in [9.17, 15) is 0 Å². The SMILES string of the molecule is CC1(C)c2ccccc2-c2ccc(N(c3ccc(-c4ccc5c6ccccc6n(-c6ccc(-c7cccc8c7oc7ccccc78)cc6)c5c4)cc3)c3ccc4c(c3)C(C)(C)c3ccccc3-4)cc21. The lowest BCUT2D eigenvalue weighted by Gasteiger charge is -2.30. The summed E-state index contributed by atoms with van der Waals surface area (Å²) in [4.78, 5) is 2.46. The van der Waals surface area contributed by atoms with Crippen LogP contribution in [0.1, 0.15) is 49.9 Å². The number of nitrogens with zero attached hydrogens (tertiary/aromatic N) is 2. The van der Waals surface area contributed by atoms with Crippen LogP contribution in [-0.4, -0.2) is 4.57 Å². The molecule has 10 aromatic carbocycles. The molecule has 0 atom stereocenters. The number of furan rings is 1. The Balaban J connectivity index is 0.866. The van der Waals surface area contributed by atoms with Crippen molar-refractivity contribution >= 4 is 60.8 Å². The van der Waals surface area contributed by atoms with Gasteiger partial charge in [0.15, 0.2) is 0 Å². The van der Waals surface area contributed by atoms with Crippen molar-refractivity contribution < 1.29 is 4.42 Å². The van der Waals surface area contributed by atoms with Crippen LogP contribution in [0.5, 0.6) is 0 Å². The van der Waals surface area contributed by atoms with Gasteiger partial charge < -0.3 is 13.9 Å². The van der Waals surface area contributed by atoms with Crippen LogP contribution in [0.15, 0.2) is 223 Å². The second-order valence-corrected chi connectivity index (χ2v) is 20.1. The van der Waals surface area contributed by atoms with Gasteiger partial charge >= 0.3 is 0 Å². The minimum atomic E-state index is -0.119. The molecule has 0 spiro atoms. The number of benzene rings is 10. The highest BCUT2D eigenvalue weighted by Gasteiger charge is 2.38. The zero-order valence-electron chi connectivity index (χ0n) is 39.1. The third-order valence-electron chi connectivity index (χ3n) is 15.6. The summed E-state index contributed by atoms with van der Waals surface area (Å²) >= 11 is 0. The Labute approximate surface area is 402 Å². The molecule has 0 aliphatic heterocycles. The van der Waals surface area contributed by atoms with Crippen LogP contribution in [-0.2, 0) is 10.8 Å². The highest BCUT2D eigenvalue weighted by atomic mass is 16.3. The summed E-state index contributed by atoms with van der Waals surface area (Å²) in [5.74, 6) is 0. The van der Waals surface area contributed by atoms with E-state index in [2.05, 4.69) is 243 Å². The van der Waals surface area contributed by atoms with Crippen LogP contribution in [0, 0.1) is 0 Å². The number of aromatic nitrogens is 1. The molecule has 3 heteroatoms. The molecule has 0 amide bonds. The monoisotopic (exact) mass is 884 g/mol. The van der Waals surface area contributed by atoms with Crippen molar-refractivity contribution in [1.29, 1.82) is 0 Å². The van der Waals surface area contributed by atoms with Crippen LogP contribution in [0.2, 0.25) is 0 Å². The van der Waals surface area contributed by atoms with Crippen LogP contribution >= 0.6 is 0 Å². The molecule has 12 aromatic rings. The Bertz CT molecular complexity index is 3960. The summed E-state index contributed by atoms with van der Waals surface area (Å²) in [6, 6.07) is 80.6. The van der Waals surface area contributed by atoms with Gasteiger partial charge in [0.2, 0.25) is 0 Å². The molecule has 0 fully saturated rings. The first kappa shape index (κ1) is 39.7. The summed E-state index contributed by atoms with van der Waals surface area (Å²) < 4.78 is 8.85. The minimum Gasteiger partial charge on any atom is -0.455 e. The van der Waals surface area contributed by atoms with Gasteiger partial charge in [0.1, 0.15) is 11.2 Å². The van der Waals surface area contributed by atoms with Gasteiger partial charge in [0.05, 0.1) is 11.0 Å². The topological polar surface area (TPSA) is 21.3 Å². The Morgan fingerprint density at radius 1 is 0.348 bits per heavy atom. The maximum absolute atomic E-state index is 6.44. The van der Waals surface area contributed by atoms with E-state index < -0.39 is 0 Å². The van der Waals surface area contributed by atoms with Crippen molar-refractivity contribution in [2.45, 2.75) is 38.5 Å². The minimum absolute atomic E-state index is 0.119. The maximum atomic E-state index is 6.44. The van der Waals surface area contributed by atoms with Gasteiger partial charge in [0.25, 0.3) is 0 Å². The molecule has 2 aromatic heterocycles. The van der Waals surface area contributed by atoms with Gasteiger partial charge in [-0.05, 0) is 128 Å². The summed E-state index contributed by atoms with van der Waals surface area (Å²) in [6.07, 6.45) is 0. The Kier molecular flexibility index (Phi) is 8.38. The molecule has 2 aliphatic carbocycles. The smallest absolute Gasteiger partial charge is 0.143 e. The molecule has 328 valence electrons. The number of anilines is 3. The molecule has 0 saturated carbocycles. The zero-order chi connectivity index (χ0) is 46.2. The number of hydrogen-bond donors (Lipinski definition) is 0. The van der Waals surface area contributed by atoms with E-state index in [1.54, 1.807) is 0 Å². The molecular weight excluding hydrogens is 837 g/mol. The first-order chi connectivity index (χ1) is 33.7. The van der Waals surface area contributed by atoms with E-state index >= 15 is 0 Å². The van der Waals surface area contributed by atoms with E-state index in [0.29, 0.717) is 0 Å². The van der Waals surface area contributed by atoms with Crippen LogP contribution < -0.4 is 4.90 Å². The lowest BCUT2D eigenvalue weighted by atomic mass is 9.82. The fourth-order valence-electron chi connectivity index (χ4n) is 12.1. The van der Waals surface area contributed by atoms with Gasteiger partial charge in [-0.25, -0.2) is 0 Å². The lowest BCUT2D eigenvalue weighted by molar-refractivity contribution is 0.660. The van der Waals surface area contributed by atoms with Gasteiger partial charge in [-0.1, -0.05) is 179 Å². The highest BCUT2D eigenvalue weighted by molar-refractivity contribution is 6.11. The van der Waals surface area contributed by atoms with Gasteiger partial charge in [-0.3, -0.25) is 0 Å². The average molecular weight is 885 g/mol. The van der Waals surface area contributed by atoms with Crippen molar-refractivity contribution in [3.8, 4) is 50.2 Å². The van der Waals surface area contributed by atoms with Crippen molar-refractivity contribution in [3.63, 3.8) is 0 Å². The summed E-state index contributed by atoms with van der Waals surface area (Å²) in [6.45, 7) is 9.47. The molecule has 0 unspecified atom stereocenters. The number of fused-ring (bicyclic) bond motifs is 12. The molecule has 3 nitrogen and oxygen atoms in total. The lowest BCUT2D eigenvalue weighted by Crippen LogP contribution is -2.18. The second-order valence-electron chi connectivity index (χ2n) is 20.1. The van der Waals surface area contributed by atoms with Gasteiger partial charge in [-0.2, -0.15) is 0 Å².